The second kappa shape index (κ2) is 6.31. The first-order valence-electron chi connectivity index (χ1n) is 5.78. The van der Waals surface area contributed by atoms with Crippen molar-refractivity contribution in [2.45, 2.75) is 0 Å². The minimum atomic E-state index is -1.02. The summed E-state index contributed by atoms with van der Waals surface area (Å²) < 4.78 is 18.1. The Morgan fingerprint density at radius 1 is 1.59 bits per heavy atom. The van der Waals surface area contributed by atoms with Crippen LogP contribution in [0.5, 0.6) is 5.75 Å². The molecular weight excluding hydrogens is 295 g/mol. The van der Waals surface area contributed by atoms with Crippen molar-refractivity contribution < 1.29 is 19.0 Å². The maximum atomic E-state index is 13.6. The number of nitriles is 1. The molecule has 0 radical (unpaired) electrons. The number of aromatic hydroxyl groups is 1. The number of carbonyl (C=O) groups excluding carboxylic acids is 1. The second-order valence-electron chi connectivity index (χ2n) is 3.90. The van der Waals surface area contributed by atoms with Crippen LogP contribution in [0.1, 0.15) is 16.2 Å². The molecule has 112 valence electrons. The number of H-pyrrole nitrogens is 1. The van der Waals surface area contributed by atoms with Gasteiger partial charge in [0.25, 0.3) is 0 Å². The zero-order valence-electron chi connectivity index (χ0n) is 11.2. The second-order valence-corrected chi connectivity index (χ2v) is 3.90. The SMILES string of the molecule is COC(=O)c1cc(F)c(O)c(NC=C(C#N)c2nn[nH]n2)c1. The van der Waals surface area contributed by atoms with Crippen LogP contribution in [0.3, 0.4) is 0 Å². The fraction of sp³-hybridized carbons (Fsp3) is 0.0833. The van der Waals surface area contributed by atoms with E-state index in [-0.39, 0.29) is 22.6 Å². The molecule has 0 amide bonds. The average Bonchev–Trinajstić information content (AvgIpc) is 3.05. The number of phenolic OH excluding ortho intramolecular Hbond substituents is 1. The van der Waals surface area contributed by atoms with Crippen molar-refractivity contribution in [3.63, 3.8) is 0 Å². The highest BCUT2D eigenvalue weighted by atomic mass is 19.1. The van der Waals surface area contributed by atoms with Crippen molar-refractivity contribution in [3.05, 3.63) is 35.5 Å². The van der Waals surface area contributed by atoms with Crippen LogP contribution in [-0.2, 0) is 4.74 Å². The molecule has 0 fully saturated rings. The number of nitrogens with zero attached hydrogens (tertiary/aromatic N) is 4. The molecule has 0 atom stereocenters. The maximum absolute atomic E-state index is 13.6. The number of carbonyl (C=O) groups is 1. The Bertz CT molecular complexity index is 766. The number of rotatable bonds is 4. The number of allylic oxidation sites excluding steroid dienone is 1. The summed E-state index contributed by atoms with van der Waals surface area (Å²) >= 11 is 0. The van der Waals surface area contributed by atoms with Gasteiger partial charge in [0.15, 0.2) is 11.6 Å². The Kier molecular flexibility index (Phi) is 4.28. The predicted octanol–water partition coefficient (Wildman–Crippen LogP) is 0.808. The number of nitrogens with one attached hydrogen (secondary N) is 2. The van der Waals surface area contributed by atoms with Crippen molar-refractivity contribution in [2.24, 2.45) is 0 Å². The fourth-order valence-electron chi connectivity index (χ4n) is 1.52. The molecule has 0 saturated heterocycles. The van der Waals surface area contributed by atoms with E-state index in [0.29, 0.717) is 0 Å². The van der Waals surface area contributed by atoms with Crippen LogP contribution in [0.25, 0.3) is 5.57 Å². The lowest BCUT2D eigenvalue weighted by Gasteiger charge is -2.08. The molecule has 2 rings (SSSR count). The summed E-state index contributed by atoms with van der Waals surface area (Å²) in [6, 6.07) is 3.81. The van der Waals surface area contributed by atoms with E-state index in [4.69, 9.17) is 5.26 Å². The van der Waals surface area contributed by atoms with E-state index in [1.807, 2.05) is 0 Å². The molecule has 0 aliphatic rings. The Balaban J connectivity index is 2.35. The van der Waals surface area contributed by atoms with E-state index in [2.05, 4.69) is 30.7 Å². The van der Waals surface area contributed by atoms with Crippen molar-refractivity contribution in [3.8, 4) is 11.8 Å². The van der Waals surface area contributed by atoms with Gasteiger partial charge in [-0.3, -0.25) is 0 Å². The van der Waals surface area contributed by atoms with Crippen molar-refractivity contribution in [1.29, 1.82) is 5.26 Å². The van der Waals surface area contributed by atoms with Crippen LogP contribution in [0.4, 0.5) is 10.1 Å². The molecule has 0 bridgehead atoms. The number of ether oxygens (including phenoxy) is 1. The lowest BCUT2D eigenvalue weighted by molar-refractivity contribution is 0.0600. The molecule has 0 aliphatic carbocycles. The zero-order valence-corrected chi connectivity index (χ0v) is 11.2. The van der Waals surface area contributed by atoms with Gasteiger partial charge in [-0.15, -0.1) is 10.2 Å². The number of aromatic amines is 1. The summed E-state index contributed by atoms with van der Waals surface area (Å²) in [5.41, 5.74) is -0.250. The number of methoxy groups -OCH3 is 1. The predicted molar refractivity (Wildman–Crippen MR) is 70.8 cm³/mol. The molecule has 0 unspecified atom stereocenters. The summed E-state index contributed by atoms with van der Waals surface area (Å²) in [7, 11) is 1.14. The van der Waals surface area contributed by atoms with Gasteiger partial charge in [0.1, 0.15) is 11.6 Å². The third-order valence-electron chi connectivity index (χ3n) is 2.56. The highest BCUT2D eigenvalue weighted by molar-refractivity contribution is 5.91. The van der Waals surface area contributed by atoms with E-state index in [1.54, 1.807) is 6.07 Å². The van der Waals surface area contributed by atoms with Crippen LogP contribution in [-0.4, -0.2) is 38.8 Å². The molecule has 9 nitrogen and oxygen atoms in total. The quantitative estimate of drug-likeness (QED) is 0.428. The number of esters is 1. The monoisotopic (exact) mass is 304 g/mol. The average molecular weight is 304 g/mol. The summed E-state index contributed by atoms with van der Waals surface area (Å²) in [6.07, 6.45) is 1.14. The van der Waals surface area contributed by atoms with E-state index in [0.717, 1.165) is 19.4 Å². The largest absolute Gasteiger partial charge is 0.503 e. The highest BCUT2D eigenvalue weighted by Crippen LogP contribution is 2.29. The minimum absolute atomic E-state index is 0.0130. The van der Waals surface area contributed by atoms with E-state index < -0.39 is 17.5 Å². The first-order chi connectivity index (χ1) is 10.6. The number of benzene rings is 1. The number of halogens is 1. The molecule has 2 aromatic rings. The molecule has 1 aromatic carbocycles. The lowest BCUT2D eigenvalue weighted by Crippen LogP contribution is -2.03. The third-order valence-corrected chi connectivity index (χ3v) is 2.56. The van der Waals surface area contributed by atoms with Gasteiger partial charge < -0.3 is 15.2 Å². The lowest BCUT2D eigenvalue weighted by atomic mass is 10.1. The molecule has 3 N–H and O–H groups in total. The van der Waals surface area contributed by atoms with Gasteiger partial charge in [0.05, 0.1) is 18.4 Å². The molecule has 1 aromatic heterocycles. The Morgan fingerprint density at radius 2 is 2.36 bits per heavy atom. The molecule has 10 heteroatoms. The smallest absolute Gasteiger partial charge is 0.338 e. The van der Waals surface area contributed by atoms with Crippen molar-refractivity contribution in [2.75, 3.05) is 12.4 Å². The van der Waals surface area contributed by atoms with Gasteiger partial charge >= 0.3 is 5.97 Å². The first-order valence-corrected chi connectivity index (χ1v) is 5.78. The van der Waals surface area contributed by atoms with Crippen LogP contribution < -0.4 is 5.32 Å². The third kappa shape index (κ3) is 2.98. The fourth-order valence-corrected chi connectivity index (χ4v) is 1.52. The van der Waals surface area contributed by atoms with Gasteiger partial charge in [-0.1, -0.05) is 0 Å². The Morgan fingerprint density at radius 3 is 2.95 bits per heavy atom. The van der Waals surface area contributed by atoms with E-state index in [1.165, 1.54) is 6.07 Å². The van der Waals surface area contributed by atoms with Crippen LogP contribution in [0.15, 0.2) is 18.3 Å². The van der Waals surface area contributed by atoms with Gasteiger partial charge in [0.2, 0.25) is 5.82 Å². The summed E-state index contributed by atoms with van der Waals surface area (Å²) in [5, 5.41) is 33.8. The van der Waals surface area contributed by atoms with Gasteiger partial charge in [-0.2, -0.15) is 10.5 Å². The molecule has 22 heavy (non-hydrogen) atoms. The number of anilines is 1. The summed E-state index contributed by atoms with van der Waals surface area (Å²) in [6.45, 7) is 0. The zero-order chi connectivity index (χ0) is 16.1. The van der Waals surface area contributed by atoms with E-state index in [9.17, 15) is 14.3 Å². The summed E-state index contributed by atoms with van der Waals surface area (Å²) in [5.74, 6) is -2.49. The molecule has 1 heterocycles. The van der Waals surface area contributed by atoms with Gasteiger partial charge in [-0.05, 0) is 17.3 Å². The number of hydrogen-bond donors (Lipinski definition) is 3. The number of aromatic nitrogens is 4. The summed E-state index contributed by atoms with van der Waals surface area (Å²) in [4.78, 5) is 11.4. The number of tetrazole rings is 1. The highest BCUT2D eigenvalue weighted by Gasteiger charge is 2.15. The van der Waals surface area contributed by atoms with Crippen molar-refractivity contribution in [1.82, 2.24) is 20.6 Å². The van der Waals surface area contributed by atoms with Crippen LogP contribution in [0.2, 0.25) is 0 Å². The van der Waals surface area contributed by atoms with E-state index >= 15 is 0 Å². The Hall–Kier alpha value is -3.48. The molecule has 0 saturated carbocycles. The van der Waals surface area contributed by atoms with Crippen LogP contribution >= 0.6 is 0 Å². The van der Waals surface area contributed by atoms with Gasteiger partial charge in [-0.25, -0.2) is 9.18 Å². The standard InChI is InChI=1S/C12H9FN6O3/c1-22-12(21)6-2-8(13)10(20)9(3-6)15-5-7(4-14)11-16-18-19-17-11/h2-3,5,15,20H,1H3,(H,16,17,18,19). The van der Waals surface area contributed by atoms with Crippen LogP contribution in [0, 0.1) is 17.1 Å². The molecular formula is C12H9FN6O3. The molecule has 0 spiro atoms. The topological polar surface area (TPSA) is 137 Å². The maximum Gasteiger partial charge on any atom is 0.338 e. The number of phenols is 1. The normalized spacial score (nSPS) is 10.9. The molecule has 0 aliphatic heterocycles. The first kappa shape index (κ1) is 14.9. The number of hydrogen-bond acceptors (Lipinski definition) is 8. The van der Waals surface area contributed by atoms with Gasteiger partial charge in [0, 0.05) is 6.20 Å². The minimum Gasteiger partial charge on any atom is -0.503 e. The van der Waals surface area contributed by atoms with Crippen molar-refractivity contribution >= 4 is 17.2 Å². The Labute approximate surface area is 123 Å².